The fourth-order valence-corrected chi connectivity index (χ4v) is 2.75. The Morgan fingerprint density at radius 2 is 1.86 bits per heavy atom. The Morgan fingerprint density at radius 3 is 2.59 bits per heavy atom. The van der Waals surface area contributed by atoms with Gasteiger partial charge in [-0.15, -0.1) is 0 Å². The van der Waals surface area contributed by atoms with Gasteiger partial charge in [-0.2, -0.15) is 0 Å². The molecule has 1 atom stereocenters. The zero-order valence-corrected chi connectivity index (χ0v) is 15.5. The Balaban J connectivity index is 1.65. The van der Waals surface area contributed by atoms with Crippen LogP contribution in [0.5, 0.6) is 5.75 Å². The number of para-hydroxylation sites is 3. The summed E-state index contributed by atoms with van der Waals surface area (Å²) < 4.78 is 37.8. The van der Waals surface area contributed by atoms with Crippen LogP contribution in [-0.2, 0) is 19.1 Å². The van der Waals surface area contributed by atoms with Gasteiger partial charge < -0.3 is 14.8 Å². The monoisotopic (exact) mass is 404 g/mol. The third kappa shape index (κ3) is 4.68. The molecular formula is C20H18F2N2O5. The first kappa shape index (κ1) is 20.2. The predicted molar refractivity (Wildman–Crippen MR) is 99.4 cm³/mol. The Morgan fingerprint density at radius 1 is 1.17 bits per heavy atom. The summed E-state index contributed by atoms with van der Waals surface area (Å²) in [6, 6.07) is 9.86. The summed E-state index contributed by atoms with van der Waals surface area (Å²) in [7, 11) is 0. The Labute approximate surface area is 165 Å². The van der Waals surface area contributed by atoms with E-state index in [1.54, 1.807) is 24.3 Å². The van der Waals surface area contributed by atoms with Gasteiger partial charge in [0.05, 0.1) is 18.7 Å². The minimum atomic E-state index is -1.34. The van der Waals surface area contributed by atoms with Crippen LogP contribution in [-0.4, -0.2) is 37.0 Å². The summed E-state index contributed by atoms with van der Waals surface area (Å²) in [4.78, 5) is 38.0. The van der Waals surface area contributed by atoms with Crippen LogP contribution >= 0.6 is 0 Å². The molecule has 9 heteroatoms. The molecule has 2 aromatic carbocycles. The first-order valence-corrected chi connectivity index (χ1v) is 8.83. The summed E-state index contributed by atoms with van der Waals surface area (Å²) in [6.07, 6.45) is -1.26. The molecule has 0 bridgehead atoms. The van der Waals surface area contributed by atoms with Gasteiger partial charge >= 0.3 is 5.97 Å². The van der Waals surface area contributed by atoms with Crippen molar-refractivity contribution in [1.29, 1.82) is 0 Å². The largest absolute Gasteiger partial charge is 0.491 e. The first-order chi connectivity index (χ1) is 13.9. The van der Waals surface area contributed by atoms with Gasteiger partial charge in [0.15, 0.2) is 6.10 Å². The van der Waals surface area contributed by atoms with Crippen molar-refractivity contribution in [3.8, 4) is 5.75 Å². The normalized spacial score (nSPS) is 14.3. The van der Waals surface area contributed by atoms with Gasteiger partial charge in [0.1, 0.15) is 29.6 Å². The average molecular weight is 404 g/mol. The van der Waals surface area contributed by atoms with Crippen LogP contribution in [0.3, 0.4) is 0 Å². The van der Waals surface area contributed by atoms with E-state index in [1.807, 2.05) is 0 Å². The highest BCUT2D eigenvalue weighted by atomic mass is 19.1. The van der Waals surface area contributed by atoms with Crippen molar-refractivity contribution in [2.24, 2.45) is 0 Å². The lowest BCUT2D eigenvalue weighted by Crippen LogP contribution is -2.39. The van der Waals surface area contributed by atoms with Crippen LogP contribution in [0.2, 0.25) is 0 Å². The standard InChI is InChI=1S/C20H18F2N2O5/c1-12(20(27)23-19-13(21)5-4-6-14(19)22)29-18(26)11-24-15-7-2-3-8-16(15)28-10-9-17(24)25/h2-8,12H,9-11H2,1H3,(H,23,27)/t12-/m0/s1. The zero-order valence-electron chi connectivity index (χ0n) is 15.5. The number of anilines is 2. The van der Waals surface area contributed by atoms with Crippen molar-refractivity contribution in [1.82, 2.24) is 0 Å². The van der Waals surface area contributed by atoms with Crippen LogP contribution in [0, 0.1) is 11.6 Å². The maximum atomic E-state index is 13.6. The quantitative estimate of drug-likeness (QED) is 0.775. The maximum Gasteiger partial charge on any atom is 0.326 e. The SMILES string of the molecule is C[C@H](OC(=O)CN1C(=O)CCOc2ccccc21)C(=O)Nc1c(F)cccc1F. The van der Waals surface area contributed by atoms with Crippen molar-refractivity contribution in [2.75, 3.05) is 23.4 Å². The van der Waals surface area contributed by atoms with Crippen molar-refractivity contribution in [3.63, 3.8) is 0 Å². The van der Waals surface area contributed by atoms with Gasteiger partial charge in [0.2, 0.25) is 5.91 Å². The molecular weight excluding hydrogens is 386 g/mol. The molecule has 3 rings (SSSR count). The highest BCUT2D eigenvalue weighted by Crippen LogP contribution is 2.30. The number of esters is 1. The van der Waals surface area contributed by atoms with Crippen LogP contribution in [0.1, 0.15) is 13.3 Å². The van der Waals surface area contributed by atoms with Crippen LogP contribution in [0.25, 0.3) is 0 Å². The summed E-state index contributed by atoms with van der Waals surface area (Å²) in [5, 5.41) is 2.05. The molecule has 0 fully saturated rings. The molecule has 2 aromatic rings. The number of ether oxygens (including phenoxy) is 2. The third-order valence-electron chi connectivity index (χ3n) is 4.21. The molecule has 0 aromatic heterocycles. The molecule has 0 saturated heterocycles. The highest BCUT2D eigenvalue weighted by Gasteiger charge is 2.27. The number of rotatable bonds is 5. The Kier molecular flexibility index (Phi) is 6.06. The van der Waals surface area contributed by atoms with Gasteiger partial charge in [-0.1, -0.05) is 18.2 Å². The first-order valence-electron chi connectivity index (χ1n) is 8.83. The molecule has 0 unspecified atom stereocenters. The van der Waals surface area contributed by atoms with Crippen molar-refractivity contribution in [2.45, 2.75) is 19.4 Å². The third-order valence-corrected chi connectivity index (χ3v) is 4.21. The second-order valence-corrected chi connectivity index (χ2v) is 6.26. The van der Waals surface area contributed by atoms with E-state index >= 15 is 0 Å². The molecule has 0 spiro atoms. The van der Waals surface area contributed by atoms with Crippen molar-refractivity contribution >= 4 is 29.2 Å². The number of benzene rings is 2. The summed E-state index contributed by atoms with van der Waals surface area (Å²) >= 11 is 0. The van der Waals surface area contributed by atoms with Crippen LogP contribution in [0.4, 0.5) is 20.2 Å². The maximum absolute atomic E-state index is 13.6. The molecule has 0 radical (unpaired) electrons. The average Bonchev–Trinajstić information content (AvgIpc) is 2.84. The number of nitrogens with one attached hydrogen (secondary N) is 1. The van der Waals surface area contributed by atoms with E-state index in [1.165, 1.54) is 11.8 Å². The molecule has 7 nitrogen and oxygen atoms in total. The number of carbonyl (C=O) groups is 3. The van der Waals surface area contributed by atoms with Gasteiger partial charge in [0, 0.05) is 0 Å². The lowest BCUT2D eigenvalue weighted by atomic mass is 10.2. The van der Waals surface area contributed by atoms with E-state index in [2.05, 4.69) is 5.32 Å². The van der Waals surface area contributed by atoms with Crippen LogP contribution in [0.15, 0.2) is 42.5 Å². The lowest BCUT2D eigenvalue weighted by molar-refractivity contribution is -0.152. The molecule has 29 heavy (non-hydrogen) atoms. The Bertz CT molecular complexity index is 930. The fraction of sp³-hybridized carbons (Fsp3) is 0.250. The summed E-state index contributed by atoms with van der Waals surface area (Å²) in [5.74, 6) is -3.56. The smallest absolute Gasteiger partial charge is 0.326 e. The number of fused-ring (bicyclic) bond motifs is 1. The number of halogens is 2. The van der Waals surface area contributed by atoms with Gasteiger partial charge in [0.25, 0.3) is 5.91 Å². The minimum Gasteiger partial charge on any atom is -0.491 e. The number of carbonyl (C=O) groups excluding carboxylic acids is 3. The lowest BCUT2D eigenvalue weighted by Gasteiger charge is -2.22. The van der Waals surface area contributed by atoms with E-state index in [0.29, 0.717) is 11.4 Å². The van der Waals surface area contributed by atoms with Gasteiger partial charge in [-0.05, 0) is 31.2 Å². The molecule has 0 saturated carbocycles. The highest BCUT2D eigenvalue weighted by molar-refractivity contribution is 6.00. The summed E-state index contributed by atoms with van der Waals surface area (Å²) in [5.41, 5.74) is -0.216. The van der Waals surface area contributed by atoms with Crippen molar-refractivity contribution < 1.29 is 32.6 Å². The van der Waals surface area contributed by atoms with E-state index in [9.17, 15) is 23.2 Å². The number of hydrogen-bond donors (Lipinski definition) is 1. The van der Waals surface area contributed by atoms with Crippen LogP contribution < -0.4 is 15.0 Å². The molecule has 1 aliphatic heterocycles. The predicted octanol–water partition coefficient (Wildman–Crippen LogP) is 2.65. The molecule has 1 aliphatic rings. The number of amides is 2. The zero-order chi connectivity index (χ0) is 21.0. The molecule has 0 aliphatic carbocycles. The second kappa shape index (κ2) is 8.68. The molecule has 152 valence electrons. The Hall–Kier alpha value is -3.49. The fourth-order valence-electron chi connectivity index (χ4n) is 2.75. The van der Waals surface area contributed by atoms with E-state index in [4.69, 9.17) is 9.47 Å². The summed E-state index contributed by atoms with van der Waals surface area (Å²) in [6.45, 7) is 0.993. The van der Waals surface area contributed by atoms with Crippen molar-refractivity contribution in [3.05, 3.63) is 54.1 Å². The molecule has 2 amide bonds. The van der Waals surface area contributed by atoms with Gasteiger partial charge in [-0.3, -0.25) is 19.3 Å². The number of hydrogen-bond acceptors (Lipinski definition) is 5. The second-order valence-electron chi connectivity index (χ2n) is 6.26. The topological polar surface area (TPSA) is 84.9 Å². The van der Waals surface area contributed by atoms with E-state index in [0.717, 1.165) is 18.2 Å². The number of nitrogens with zero attached hydrogens (tertiary/aromatic N) is 1. The van der Waals surface area contributed by atoms with Gasteiger partial charge in [-0.25, -0.2) is 8.78 Å². The van der Waals surface area contributed by atoms with E-state index < -0.39 is 41.8 Å². The molecule has 1 heterocycles. The molecule has 1 N–H and O–H groups in total. The van der Waals surface area contributed by atoms with E-state index in [-0.39, 0.29) is 18.9 Å². The minimum absolute atomic E-state index is 0.0740.